The molecule has 0 aromatic carbocycles. The van der Waals surface area contributed by atoms with E-state index in [2.05, 4.69) is 33.4 Å². The van der Waals surface area contributed by atoms with E-state index >= 15 is 0 Å². The zero-order valence-electron chi connectivity index (χ0n) is 13.1. The Kier molecular flexibility index (Phi) is 3.26. The molecular formula is C17H26O3. The second-order valence-electron chi connectivity index (χ2n) is 6.87. The molecule has 0 radical (unpaired) electrons. The smallest absolute Gasteiger partial charge is 0.173 e. The van der Waals surface area contributed by atoms with E-state index in [1.54, 1.807) is 7.11 Å². The lowest BCUT2D eigenvalue weighted by Crippen LogP contribution is -2.48. The lowest BCUT2D eigenvalue weighted by atomic mass is 9.68. The molecule has 20 heavy (non-hydrogen) atoms. The summed E-state index contributed by atoms with van der Waals surface area (Å²) < 4.78 is 17.7. The minimum Gasteiger partial charge on any atom is -0.480 e. The molecule has 3 aliphatic rings. The van der Waals surface area contributed by atoms with Gasteiger partial charge in [-0.3, -0.25) is 0 Å². The summed E-state index contributed by atoms with van der Waals surface area (Å²) in [6.07, 6.45) is 7.03. The summed E-state index contributed by atoms with van der Waals surface area (Å²) in [5, 5.41) is 0. The zero-order chi connectivity index (χ0) is 14.5. The van der Waals surface area contributed by atoms with Crippen LogP contribution in [0.15, 0.2) is 24.0 Å². The Morgan fingerprint density at radius 2 is 2.20 bits per heavy atom. The van der Waals surface area contributed by atoms with Crippen molar-refractivity contribution in [3.8, 4) is 0 Å². The van der Waals surface area contributed by atoms with Crippen LogP contribution in [-0.2, 0) is 14.2 Å². The second kappa shape index (κ2) is 4.60. The largest absolute Gasteiger partial charge is 0.480 e. The summed E-state index contributed by atoms with van der Waals surface area (Å²) in [6.45, 7) is 10.5. The quantitative estimate of drug-likeness (QED) is 0.582. The van der Waals surface area contributed by atoms with Crippen molar-refractivity contribution in [2.45, 2.75) is 69.9 Å². The highest BCUT2D eigenvalue weighted by Crippen LogP contribution is 2.63. The summed E-state index contributed by atoms with van der Waals surface area (Å²) in [5.41, 5.74) is 1.04. The van der Waals surface area contributed by atoms with E-state index in [1.165, 1.54) is 5.57 Å². The normalized spacial score (nSPS) is 46.0. The fourth-order valence-electron chi connectivity index (χ4n) is 4.07. The molecule has 3 heteroatoms. The van der Waals surface area contributed by atoms with Gasteiger partial charge in [-0.15, -0.1) is 0 Å². The molecular weight excluding hydrogens is 252 g/mol. The molecule has 1 spiro atoms. The summed E-state index contributed by atoms with van der Waals surface area (Å²) in [6, 6.07) is 0. The van der Waals surface area contributed by atoms with Crippen molar-refractivity contribution >= 4 is 0 Å². The molecule has 0 aromatic rings. The Hall–Kier alpha value is -0.800. The van der Waals surface area contributed by atoms with E-state index in [4.69, 9.17) is 14.2 Å². The summed E-state index contributed by atoms with van der Waals surface area (Å²) in [7, 11) is 1.80. The van der Waals surface area contributed by atoms with Crippen molar-refractivity contribution in [1.82, 2.24) is 0 Å². The van der Waals surface area contributed by atoms with E-state index in [-0.39, 0.29) is 29.3 Å². The lowest BCUT2D eigenvalue weighted by molar-refractivity contribution is -0.0490. The van der Waals surface area contributed by atoms with Gasteiger partial charge in [-0.25, -0.2) is 0 Å². The molecule has 1 aliphatic carbocycles. The molecule has 3 fully saturated rings. The molecule has 0 N–H and O–H groups in total. The Labute approximate surface area is 122 Å². The van der Waals surface area contributed by atoms with Gasteiger partial charge in [-0.1, -0.05) is 18.2 Å². The van der Waals surface area contributed by atoms with Crippen LogP contribution in [0.2, 0.25) is 0 Å². The summed E-state index contributed by atoms with van der Waals surface area (Å²) in [5.74, 6) is 1.21. The van der Waals surface area contributed by atoms with Gasteiger partial charge < -0.3 is 14.2 Å². The van der Waals surface area contributed by atoms with Gasteiger partial charge in [0.1, 0.15) is 11.4 Å². The van der Waals surface area contributed by atoms with Gasteiger partial charge >= 0.3 is 0 Å². The number of rotatable bonds is 4. The standard InChI is InChI=1S/C17H26O3/c1-11(2)8-9-14-16(4,20-14)15-13(18-5)7-6-10-17(15)12(3)19-17/h8,13-15H,3,6-7,9-10H2,1-2,4-5H3/t13-,14?,15-,16+,17+/m1/s1. The minimum atomic E-state index is -0.173. The molecule has 1 saturated carbocycles. The third-order valence-electron chi connectivity index (χ3n) is 5.29. The van der Waals surface area contributed by atoms with Crippen molar-refractivity contribution in [2.24, 2.45) is 5.92 Å². The summed E-state index contributed by atoms with van der Waals surface area (Å²) >= 11 is 0. The van der Waals surface area contributed by atoms with Gasteiger partial charge in [-0.05, 0) is 46.5 Å². The molecule has 2 heterocycles. The molecule has 0 amide bonds. The van der Waals surface area contributed by atoms with Crippen molar-refractivity contribution in [2.75, 3.05) is 7.11 Å². The molecule has 1 unspecified atom stereocenters. The Morgan fingerprint density at radius 1 is 1.50 bits per heavy atom. The van der Waals surface area contributed by atoms with Crippen LogP contribution in [0.5, 0.6) is 0 Å². The number of methoxy groups -OCH3 is 1. The van der Waals surface area contributed by atoms with Crippen molar-refractivity contribution in [3.05, 3.63) is 24.0 Å². The SMILES string of the molecule is C=C1O[C@@]12CCC[C@@H](OC)[C@@H]2[C@@]1(C)OC1CC=C(C)C. The molecule has 0 bridgehead atoms. The summed E-state index contributed by atoms with van der Waals surface area (Å²) in [4.78, 5) is 0. The topological polar surface area (TPSA) is 34.3 Å². The predicted octanol–water partition coefficient (Wildman–Crippen LogP) is 3.60. The monoisotopic (exact) mass is 278 g/mol. The first-order valence-corrected chi connectivity index (χ1v) is 7.66. The number of hydrogen-bond acceptors (Lipinski definition) is 3. The third kappa shape index (κ3) is 2.03. The first-order chi connectivity index (χ1) is 9.44. The average molecular weight is 278 g/mol. The number of epoxide rings is 2. The minimum absolute atomic E-state index is 0.132. The lowest BCUT2D eigenvalue weighted by Gasteiger charge is -2.37. The Balaban J connectivity index is 1.80. The zero-order valence-corrected chi connectivity index (χ0v) is 13.1. The van der Waals surface area contributed by atoms with E-state index < -0.39 is 0 Å². The van der Waals surface area contributed by atoms with Gasteiger partial charge in [0.2, 0.25) is 0 Å². The fraction of sp³-hybridized carbons (Fsp3) is 0.765. The molecule has 5 atom stereocenters. The van der Waals surface area contributed by atoms with Crippen LogP contribution in [0.3, 0.4) is 0 Å². The molecule has 3 nitrogen and oxygen atoms in total. The van der Waals surface area contributed by atoms with Crippen LogP contribution in [0.25, 0.3) is 0 Å². The highest BCUT2D eigenvalue weighted by atomic mass is 16.6. The van der Waals surface area contributed by atoms with Crippen LogP contribution in [0.4, 0.5) is 0 Å². The van der Waals surface area contributed by atoms with Crippen LogP contribution in [0.1, 0.15) is 46.5 Å². The van der Waals surface area contributed by atoms with Crippen molar-refractivity contribution in [3.63, 3.8) is 0 Å². The van der Waals surface area contributed by atoms with E-state index in [9.17, 15) is 0 Å². The number of ether oxygens (including phenoxy) is 3. The van der Waals surface area contributed by atoms with Gasteiger partial charge in [-0.2, -0.15) is 0 Å². The maximum atomic E-state index is 6.10. The van der Waals surface area contributed by atoms with Gasteiger partial charge in [0, 0.05) is 7.11 Å². The number of hydrogen-bond donors (Lipinski definition) is 0. The third-order valence-corrected chi connectivity index (χ3v) is 5.29. The first-order valence-electron chi connectivity index (χ1n) is 7.66. The number of allylic oxidation sites excluding steroid dienone is 1. The van der Waals surface area contributed by atoms with Gasteiger partial charge in [0.25, 0.3) is 0 Å². The first kappa shape index (κ1) is 14.2. The maximum absolute atomic E-state index is 6.10. The molecule has 2 aliphatic heterocycles. The van der Waals surface area contributed by atoms with Gasteiger partial charge in [0.15, 0.2) is 5.60 Å². The van der Waals surface area contributed by atoms with Crippen LogP contribution in [0, 0.1) is 5.92 Å². The van der Waals surface area contributed by atoms with E-state index in [1.807, 2.05) is 0 Å². The van der Waals surface area contributed by atoms with Crippen LogP contribution >= 0.6 is 0 Å². The van der Waals surface area contributed by atoms with Gasteiger partial charge in [0.05, 0.1) is 18.1 Å². The Morgan fingerprint density at radius 3 is 2.75 bits per heavy atom. The molecule has 2 saturated heterocycles. The second-order valence-corrected chi connectivity index (χ2v) is 6.87. The molecule has 3 rings (SSSR count). The van der Waals surface area contributed by atoms with Crippen LogP contribution in [-0.4, -0.2) is 30.5 Å². The molecule has 0 aromatic heterocycles. The van der Waals surface area contributed by atoms with E-state index in [0.29, 0.717) is 0 Å². The van der Waals surface area contributed by atoms with Crippen LogP contribution < -0.4 is 0 Å². The van der Waals surface area contributed by atoms with E-state index in [0.717, 1.165) is 31.4 Å². The highest BCUT2D eigenvalue weighted by molar-refractivity contribution is 5.31. The predicted molar refractivity (Wildman–Crippen MR) is 78.4 cm³/mol. The fourth-order valence-corrected chi connectivity index (χ4v) is 4.07. The van der Waals surface area contributed by atoms with Crippen molar-refractivity contribution in [1.29, 1.82) is 0 Å². The van der Waals surface area contributed by atoms with Crippen molar-refractivity contribution < 1.29 is 14.2 Å². The highest BCUT2D eigenvalue weighted by Gasteiger charge is 2.73. The maximum Gasteiger partial charge on any atom is 0.173 e. The Bertz CT molecular complexity index is 451. The average Bonchev–Trinajstić information content (AvgIpc) is 3.25. The molecule has 112 valence electrons.